The molecular formula is C15H24N2O2. The molecule has 0 bridgehead atoms. The molecule has 1 aromatic rings. The number of pyridine rings is 1. The number of hydrogen-bond acceptors (Lipinski definition) is 3. The zero-order valence-electron chi connectivity index (χ0n) is 12.5. The molecule has 1 aromatic heterocycles. The molecule has 0 aliphatic carbocycles. The van der Waals surface area contributed by atoms with E-state index in [4.69, 9.17) is 0 Å². The van der Waals surface area contributed by atoms with Gasteiger partial charge in [0.05, 0.1) is 6.04 Å². The molecule has 106 valence electrons. The molecule has 0 radical (unpaired) electrons. The molecule has 0 fully saturated rings. The Hall–Kier alpha value is -1.42. The molecule has 4 heteroatoms. The van der Waals surface area contributed by atoms with E-state index in [0.717, 1.165) is 12.1 Å². The Morgan fingerprint density at radius 1 is 1.37 bits per heavy atom. The number of carbonyl (C=O) groups is 1. The lowest BCUT2D eigenvalue weighted by molar-refractivity contribution is -0.120. The van der Waals surface area contributed by atoms with E-state index in [2.05, 4.69) is 13.8 Å². The van der Waals surface area contributed by atoms with Gasteiger partial charge in [0, 0.05) is 18.8 Å². The van der Waals surface area contributed by atoms with Crippen molar-refractivity contribution < 1.29 is 4.79 Å². The van der Waals surface area contributed by atoms with Gasteiger partial charge in [-0.25, -0.2) is 0 Å². The summed E-state index contributed by atoms with van der Waals surface area (Å²) < 4.78 is 1.56. The van der Waals surface area contributed by atoms with Crippen molar-refractivity contribution in [2.75, 3.05) is 14.1 Å². The Morgan fingerprint density at radius 3 is 2.42 bits per heavy atom. The van der Waals surface area contributed by atoms with Crippen LogP contribution in [-0.4, -0.2) is 29.3 Å². The molecule has 1 rings (SSSR count). The second kappa shape index (κ2) is 6.66. The van der Waals surface area contributed by atoms with Crippen molar-refractivity contribution in [3.8, 4) is 0 Å². The number of hydrogen-bond donors (Lipinski definition) is 0. The van der Waals surface area contributed by atoms with Gasteiger partial charge in [-0.05, 0) is 45.0 Å². The van der Waals surface area contributed by atoms with Crippen LogP contribution in [0.25, 0.3) is 0 Å². The van der Waals surface area contributed by atoms with Gasteiger partial charge in [-0.2, -0.15) is 0 Å². The Morgan fingerprint density at radius 2 is 2.00 bits per heavy atom. The minimum Gasteiger partial charge on any atom is -0.305 e. The van der Waals surface area contributed by atoms with Crippen molar-refractivity contribution in [2.45, 2.75) is 39.8 Å². The van der Waals surface area contributed by atoms with E-state index >= 15 is 0 Å². The largest absolute Gasteiger partial charge is 0.305 e. The lowest BCUT2D eigenvalue weighted by atomic mass is 10.0. The maximum absolute atomic E-state index is 12.1. The second-order valence-electron chi connectivity index (χ2n) is 5.77. The van der Waals surface area contributed by atoms with Crippen LogP contribution in [0.15, 0.2) is 23.1 Å². The zero-order chi connectivity index (χ0) is 14.6. The normalized spacial score (nSPS) is 13.0. The Kier molecular flexibility index (Phi) is 5.48. The first-order valence-electron chi connectivity index (χ1n) is 6.67. The standard InChI is InChI=1S/C15H24N2O2/c1-11(2)8-14(12(3)18)17-7-6-13(9-15(17)19)10-16(4)5/h6-7,9,11,14H,8,10H2,1-5H3/t14-/m0/s1. The summed E-state index contributed by atoms with van der Waals surface area (Å²) >= 11 is 0. The molecule has 0 amide bonds. The van der Waals surface area contributed by atoms with Crippen LogP contribution in [0.3, 0.4) is 0 Å². The summed E-state index contributed by atoms with van der Waals surface area (Å²) in [4.78, 5) is 25.9. The van der Waals surface area contributed by atoms with Gasteiger partial charge >= 0.3 is 0 Å². The number of ketones is 1. The molecule has 0 unspecified atom stereocenters. The maximum atomic E-state index is 12.1. The highest BCUT2D eigenvalue weighted by Gasteiger charge is 2.18. The molecule has 4 nitrogen and oxygen atoms in total. The molecule has 0 saturated carbocycles. The summed E-state index contributed by atoms with van der Waals surface area (Å²) in [6.45, 7) is 6.39. The number of nitrogens with zero attached hydrogens (tertiary/aromatic N) is 2. The summed E-state index contributed by atoms with van der Waals surface area (Å²) in [6, 6.07) is 3.19. The van der Waals surface area contributed by atoms with Crippen molar-refractivity contribution in [1.82, 2.24) is 9.47 Å². The van der Waals surface area contributed by atoms with Crippen LogP contribution in [0, 0.1) is 5.92 Å². The van der Waals surface area contributed by atoms with Crippen molar-refractivity contribution in [3.63, 3.8) is 0 Å². The van der Waals surface area contributed by atoms with Crippen LogP contribution < -0.4 is 5.56 Å². The third-order valence-corrected chi connectivity index (χ3v) is 3.01. The Labute approximate surface area is 115 Å². The van der Waals surface area contributed by atoms with E-state index in [-0.39, 0.29) is 17.4 Å². The molecular weight excluding hydrogens is 240 g/mol. The van der Waals surface area contributed by atoms with E-state index in [0.29, 0.717) is 12.3 Å². The molecule has 19 heavy (non-hydrogen) atoms. The lowest BCUT2D eigenvalue weighted by Crippen LogP contribution is -2.29. The summed E-state index contributed by atoms with van der Waals surface area (Å²) in [7, 11) is 3.92. The van der Waals surface area contributed by atoms with Gasteiger partial charge in [-0.15, -0.1) is 0 Å². The quantitative estimate of drug-likeness (QED) is 0.790. The number of rotatable bonds is 6. The molecule has 0 spiro atoms. The van der Waals surface area contributed by atoms with Gasteiger partial charge < -0.3 is 9.47 Å². The molecule has 1 atom stereocenters. The first-order chi connectivity index (χ1) is 8.81. The summed E-state index contributed by atoms with van der Waals surface area (Å²) in [6.07, 6.45) is 2.44. The highest BCUT2D eigenvalue weighted by molar-refractivity contribution is 5.79. The van der Waals surface area contributed by atoms with Crippen LogP contribution in [0.5, 0.6) is 0 Å². The molecule has 1 heterocycles. The number of aromatic nitrogens is 1. The fourth-order valence-corrected chi connectivity index (χ4v) is 2.17. The Balaban J connectivity index is 3.05. The first-order valence-corrected chi connectivity index (χ1v) is 6.67. The van der Waals surface area contributed by atoms with Crippen LogP contribution in [-0.2, 0) is 11.3 Å². The third kappa shape index (κ3) is 4.63. The minimum atomic E-state index is -0.346. The highest BCUT2D eigenvalue weighted by atomic mass is 16.1. The van der Waals surface area contributed by atoms with Crippen LogP contribution in [0.2, 0.25) is 0 Å². The third-order valence-electron chi connectivity index (χ3n) is 3.01. The topological polar surface area (TPSA) is 42.3 Å². The van der Waals surface area contributed by atoms with E-state index < -0.39 is 0 Å². The lowest BCUT2D eigenvalue weighted by Gasteiger charge is -2.19. The van der Waals surface area contributed by atoms with Gasteiger partial charge in [0.15, 0.2) is 5.78 Å². The van der Waals surface area contributed by atoms with E-state index in [1.165, 1.54) is 0 Å². The van der Waals surface area contributed by atoms with Crippen LogP contribution in [0.4, 0.5) is 0 Å². The first kappa shape index (κ1) is 15.6. The van der Waals surface area contributed by atoms with E-state index in [9.17, 15) is 9.59 Å². The molecule has 0 aliphatic heterocycles. The van der Waals surface area contributed by atoms with Gasteiger partial charge in [-0.1, -0.05) is 13.8 Å². The van der Waals surface area contributed by atoms with E-state index in [1.807, 2.05) is 25.1 Å². The average Bonchev–Trinajstić information content (AvgIpc) is 2.25. The van der Waals surface area contributed by atoms with Crippen molar-refractivity contribution in [2.24, 2.45) is 5.92 Å². The van der Waals surface area contributed by atoms with Gasteiger partial charge in [0.1, 0.15) is 0 Å². The number of carbonyl (C=O) groups excluding carboxylic acids is 1. The average molecular weight is 264 g/mol. The molecule has 0 aliphatic rings. The van der Waals surface area contributed by atoms with Gasteiger partial charge in [0.25, 0.3) is 5.56 Å². The second-order valence-corrected chi connectivity index (χ2v) is 5.77. The summed E-state index contributed by atoms with van der Waals surface area (Å²) in [5.74, 6) is 0.415. The predicted octanol–water partition coefficient (Wildman–Crippen LogP) is 2.09. The van der Waals surface area contributed by atoms with Crippen LogP contribution >= 0.6 is 0 Å². The van der Waals surface area contributed by atoms with Crippen LogP contribution in [0.1, 0.15) is 38.8 Å². The van der Waals surface area contributed by atoms with E-state index in [1.54, 1.807) is 23.8 Å². The Bertz CT molecular complexity index is 489. The molecule has 0 saturated heterocycles. The predicted molar refractivity (Wildman–Crippen MR) is 77.3 cm³/mol. The van der Waals surface area contributed by atoms with Crippen molar-refractivity contribution in [1.29, 1.82) is 0 Å². The van der Waals surface area contributed by atoms with Crippen molar-refractivity contribution in [3.05, 3.63) is 34.2 Å². The maximum Gasteiger partial charge on any atom is 0.251 e. The smallest absolute Gasteiger partial charge is 0.251 e. The van der Waals surface area contributed by atoms with Gasteiger partial charge in [-0.3, -0.25) is 9.59 Å². The fraction of sp³-hybridized carbons (Fsp3) is 0.600. The number of Topliss-reactive ketones (excluding diaryl/α,β-unsaturated/α-hetero) is 1. The van der Waals surface area contributed by atoms with Crippen molar-refractivity contribution >= 4 is 5.78 Å². The molecule has 0 aromatic carbocycles. The monoisotopic (exact) mass is 264 g/mol. The van der Waals surface area contributed by atoms with Gasteiger partial charge in [0.2, 0.25) is 0 Å². The fourth-order valence-electron chi connectivity index (χ4n) is 2.17. The molecule has 0 N–H and O–H groups in total. The SMILES string of the molecule is CC(=O)[C@H](CC(C)C)n1ccc(CN(C)C)cc1=O. The summed E-state index contributed by atoms with van der Waals surface area (Å²) in [5.41, 5.74) is 0.873. The minimum absolute atomic E-state index is 0.0381. The highest BCUT2D eigenvalue weighted by Crippen LogP contribution is 2.17. The summed E-state index contributed by atoms with van der Waals surface area (Å²) in [5, 5.41) is 0. The zero-order valence-corrected chi connectivity index (χ0v) is 12.5.